The van der Waals surface area contributed by atoms with E-state index in [1.54, 1.807) is 37.7 Å². The van der Waals surface area contributed by atoms with E-state index in [2.05, 4.69) is 31.8 Å². The summed E-state index contributed by atoms with van der Waals surface area (Å²) in [6.45, 7) is 3.56. The van der Waals surface area contributed by atoms with E-state index in [0.717, 1.165) is 4.47 Å². The Morgan fingerprint density at radius 3 is 2.48 bits per heavy atom. The van der Waals surface area contributed by atoms with E-state index in [-0.39, 0.29) is 17.9 Å². The minimum Gasteiger partial charge on any atom is -0.462 e. The van der Waals surface area contributed by atoms with E-state index in [1.165, 1.54) is 12.1 Å². The first-order valence-corrected chi connectivity index (χ1v) is 8.20. The standard InChI is InChI=1S/C16H17BrN4O4/c1-4-25-16(24)11-5-6-12(18-9(11)2)14(22)19-20-15(23)13-7-10(17)8-21(13)3/h5-8H,4H2,1-3H3,(H,19,22)(H,20,23). The van der Waals surface area contributed by atoms with Crippen LogP contribution in [0.25, 0.3) is 0 Å². The van der Waals surface area contributed by atoms with Crippen LogP contribution < -0.4 is 10.9 Å². The summed E-state index contributed by atoms with van der Waals surface area (Å²) in [4.78, 5) is 40.0. The van der Waals surface area contributed by atoms with Crippen molar-refractivity contribution in [2.75, 3.05) is 6.61 Å². The molecular formula is C16H17BrN4O4. The fraction of sp³-hybridized carbons (Fsp3) is 0.250. The predicted molar refractivity (Wildman–Crippen MR) is 93.0 cm³/mol. The van der Waals surface area contributed by atoms with Gasteiger partial charge < -0.3 is 9.30 Å². The fourth-order valence-electron chi connectivity index (χ4n) is 2.10. The van der Waals surface area contributed by atoms with Crippen molar-refractivity contribution in [3.63, 3.8) is 0 Å². The molecule has 9 heteroatoms. The van der Waals surface area contributed by atoms with Gasteiger partial charge in [0.15, 0.2) is 0 Å². The molecule has 2 amide bonds. The molecule has 0 aliphatic rings. The number of rotatable bonds is 4. The van der Waals surface area contributed by atoms with Gasteiger partial charge in [0, 0.05) is 17.7 Å². The van der Waals surface area contributed by atoms with Gasteiger partial charge in [-0.1, -0.05) is 0 Å². The minimum atomic E-state index is -0.597. The van der Waals surface area contributed by atoms with Crippen molar-refractivity contribution in [3.8, 4) is 0 Å². The van der Waals surface area contributed by atoms with E-state index in [4.69, 9.17) is 4.74 Å². The number of amides is 2. The first-order valence-electron chi connectivity index (χ1n) is 7.40. The fourth-order valence-corrected chi connectivity index (χ4v) is 2.63. The van der Waals surface area contributed by atoms with Crippen LogP contribution in [0.1, 0.15) is 44.0 Å². The molecule has 0 radical (unpaired) electrons. The first-order chi connectivity index (χ1) is 11.8. The molecule has 0 saturated heterocycles. The van der Waals surface area contributed by atoms with Crippen LogP contribution in [0.15, 0.2) is 28.9 Å². The average molecular weight is 409 g/mol. The van der Waals surface area contributed by atoms with Crippen LogP contribution in [-0.4, -0.2) is 33.9 Å². The highest BCUT2D eigenvalue weighted by atomic mass is 79.9. The lowest BCUT2D eigenvalue weighted by atomic mass is 10.2. The topological polar surface area (TPSA) is 102 Å². The molecule has 0 bridgehead atoms. The van der Waals surface area contributed by atoms with E-state index in [0.29, 0.717) is 11.4 Å². The highest BCUT2D eigenvalue weighted by Gasteiger charge is 2.16. The van der Waals surface area contributed by atoms with Crippen molar-refractivity contribution >= 4 is 33.7 Å². The summed E-state index contributed by atoms with van der Waals surface area (Å²) in [5.74, 6) is -1.57. The van der Waals surface area contributed by atoms with Gasteiger partial charge in [-0.2, -0.15) is 0 Å². The van der Waals surface area contributed by atoms with Crippen molar-refractivity contribution < 1.29 is 19.1 Å². The lowest BCUT2D eigenvalue weighted by Crippen LogP contribution is -2.42. The molecular weight excluding hydrogens is 392 g/mol. The van der Waals surface area contributed by atoms with Crippen LogP contribution in [0.4, 0.5) is 0 Å². The van der Waals surface area contributed by atoms with Crippen molar-refractivity contribution in [3.05, 3.63) is 51.5 Å². The second kappa shape index (κ2) is 7.93. The van der Waals surface area contributed by atoms with E-state index in [1.807, 2.05) is 0 Å². The number of halogens is 1. The third kappa shape index (κ3) is 4.44. The average Bonchev–Trinajstić information content (AvgIpc) is 2.90. The van der Waals surface area contributed by atoms with Gasteiger partial charge in [0.05, 0.1) is 17.9 Å². The Hall–Kier alpha value is -2.68. The molecule has 2 heterocycles. The van der Waals surface area contributed by atoms with Crippen LogP contribution in [0.2, 0.25) is 0 Å². The molecule has 0 aromatic carbocycles. The number of carbonyl (C=O) groups excluding carboxylic acids is 3. The molecule has 0 atom stereocenters. The molecule has 2 aromatic rings. The Morgan fingerprint density at radius 1 is 1.24 bits per heavy atom. The molecule has 2 aromatic heterocycles. The third-order valence-electron chi connectivity index (χ3n) is 3.31. The third-order valence-corrected chi connectivity index (χ3v) is 3.74. The Kier molecular flexibility index (Phi) is 5.92. The number of hydrazine groups is 1. The van der Waals surface area contributed by atoms with Crippen LogP contribution in [0, 0.1) is 6.92 Å². The maximum atomic E-state index is 12.1. The van der Waals surface area contributed by atoms with Crippen LogP contribution in [-0.2, 0) is 11.8 Å². The van der Waals surface area contributed by atoms with Gasteiger partial charge in [-0.05, 0) is 48.0 Å². The normalized spacial score (nSPS) is 10.2. The molecule has 0 aliphatic carbocycles. The van der Waals surface area contributed by atoms with Crippen molar-refractivity contribution in [2.45, 2.75) is 13.8 Å². The molecule has 0 aliphatic heterocycles. The molecule has 0 saturated carbocycles. The smallest absolute Gasteiger partial charge is 0.339 e. The first kappa shape index (κ1) is 18.7. The van der Waals surface area contributed by atoms with Gasteiger partial charge in [-0.3, -0.25) is 20.4 Å². The zero-order valence-corrected chi connectivity index (χ0v) is 15.5. The van der Waals surface area contributed by atoms with Crippen LogP contribution in [0.5, 0.6) is 0 Å². The van der Waals surface area contributed by atoms with Crippen molar-refractivity contribution in [1.82, 2.24) is 20.4 Å². The molecule has 2 rings (SSSR count). The van der Waals surface area contributed by atoms with E-state index >= 15 is 0 Å². The Labute approximate surface area is 152 Å². The SMILES string of the molecule is CCOC(=O)c1ccc(C(=O)NNC(=O)c2cc(Br)cn2C)nc1C. The van der Waals surface area contributed by atoms with Crippen molar-refractivity contribution in [2.24, 2.45) is 7.05 Å². The number of aromatic nitrogens is 2. The summed E-state index contributed by atoms with van der Waals surface area (Å²) in [5, 5.41) is 0. The number of nitrogens with zero attached hydrogens (tertiary/aromatic N) is 2. The lowest BCUT2D eigenvalue weighted by molar-refractivity contribution is 0.0524. The molecule has 132 valence electrons. The zero-order valence-electron chi connectivity index (χ0n) is 13.9. The molecule has 0 unspecified atom stereocenters. The Balaban J connectivity index is 2.03. The van der Waals surface area contributed by atoms with Gasteiger partial charge in [0.1, 0.15) is 11.4 Å². The van der Waals surface area contributed by atoms with E-state index < -0.39 is 17.8 Å². The largest absolute Gasteiger partial charge is 0.462 e. The number of nitrogens with one attached hydrogen (secondary N) is 2. The highest BCUT2D eigenvalue weighted by Crippen LogP contribution is 2.13. The number of aryl methyl sites for hydroxylation is 2. The van der Waals surface area contributed by atoms with Crippen LogP contribution in [0.3, 0.4) is 0 Å². The zero-order chi connectivity index (χ0) is 18.6. The van der Waals surface area contributed by atoms with E-state index in [9.17, 15) is 14.4 Å². The number of carbonyl (C=O) groups is 3. The number of pyridine rings is 1. The Morgan fingerprint density at radius 2 is 1.92 bits per heavy atom. The summed E-state index contributed by atoms with van der Waals surface area (Å²) in [5.41, 5.74) is 5.70. The van der Waals surface area contributed by atoms with Gasteiger partial charge in [0.2, 0.25) is 0 Å². The van der Waals surface area contributed by atoms with Crippen molar-refractivity contribution in [1.29, 1.82) is 0 Å². The maximum absolute atomic E-state index is 12.1. The Bertz CT molecular complexity index is 832. The van der Waals surface area contributed by atoms with Crippen LogP contribution >= 0.6 is 15.9 Å². The number of hydrogen-bond acceptors (Lipinski definition) is 5. The lowest BCUT2D eigenvalue weighted by Gasteiger charge is -2.09. The maximum Gasteiger partial charge on any atom is 0.339 e. The number of ether oxygens (including phenoxy) is 1. The molecule has 2 N–H and O–H groups in total. The molecule has 0 fully saturated rings. The van der Waals surface area contributed by atoms with Gasteiger partial charge in [0.25, 0.3) is 11.8 Å². The second-order valence-corrected chi connectivity index (χ2v) is 6.03. The van der Waals surface area contributed by atoms with Gasteiger partial charge in [-0.25, -0.2) is 9.78 Å². The summed E-state index contributed by atoms with van der Waals surface area (Å²) < 4.78 is 7.27. The monoisotopic (exact) mass is 408 g/mol. The quantitative estimate of drug-likeness (QED) is 0.592. The number of esters is 1. The number of hydrogen-bond donors (Lipinski definition) is 2. The minimum absolute atomic E-state index is 0.0684. The van der Waals surface area contributed by atoms with Gasteiger partial charge >= 0.3 is 5.97 Å². The molecule has 0 spiro atoms. The molecule has 8 nitrogen and oxygen atoms in total. The molecule has 25 heavy (non-hydrogen) atoms. The summed E-state index contributed by atoms with van der Waals surface area (Å²) in [7, 11) is 1.71. The second-order valence-electron chi connectivity index (χ2n) is 5.11. The summed E-state index contributed by atoms with van der Waals surface area (Å²) >= 11 is 3.27. The summed E-state index contributed by atoms with van der Waals surface area (Å²) in [6, 6.07) is 4.48. The summed E-state index contributed by atoms with van der Waals surface area (Å²) in [6.07, 6.45) is 1.72. The predicted octanol–water partition coefficient (Wildman–Crippen LogP) is 1.74. The van der Waals surface area contributed by atoms with Gasteiger partial charge in [-0.15, -0.1) is 0 Å². The highest BCUT2D eigenvalue weighted by molar-refractivity contribution is 9.10.